The van der Waals surface area contributed by atoms with Crippen LogP contribution in [0.25, 0.3) is 0 Å². The number of sulfone groups is 1. The molecule has 3 nitrogen and oxygen atoms in total. The Balaban J connectivity index is 2.00. The third-order valence-electron chi connectivity index (χ3n) is 2.96. The third kappa shape index (κ3) is 3.99. The van der Waals surface area contributed by atoms with E-state index in [2.05, 4.69) is 5.32 Å². The molecule has 0 saturated carbocycles. The molecule has 0 saturated heterocycles. The third-order valence-corrected chi connectivity index (χ3v) is 4.39. The number of alkyl halides is 1. The normalized spacial score (nSPS) is 11.3. The van der Waals surface area contributed by atoms with E-state index in [0.29, 0.717) is 17.3 Å². The molecule has 0 bridgehead atoms. The van der Waals surface area contributed by atoms with E-state index >= 15 is 0 Å². The summed E-state index contributed by atoms with van der Waals surface area (Å²) in [5.41, 5.74) is 3.12. The Kier molecular flexibility index (Phi) is 4.68. The lowest BCUT2D eigenvalue weighted by atomic mass is 10.1. The summed E-state index contributed by atoms with van der Waals surface area (Å²) in [5, 5.41) is 3.25. The number of rotatable bonds is 5. The van der Waals surface area contributed by atoms with Crippen molar-refractivity contribution in [1.82, 2.24) is 0 Å². The summed E-state index contributed by atoms with van der Waals surface area (Å²) >= 11 is 5.74. The van der Waals surface area contributed by atoms with Crippen molar-refractivity contribution in [2.45, 2.75) is 17.3 Å². The molecular weight excluding hydrogens is 294 g/mol. The fourth-order valence-electron chi connectivity index (χ4n) is 1.77. The molecule has 106 valence electrons. The van der Waals surface area contributed by atoms with E-state index in [9.17, 15) is 8.42 Å². The lowest BCUT2D eigenvalue weighted by molar-refractivity contribution is 0.602. The largest absolute Gasteiger partial charge is 0.381 e. The van der Waals surface area contributed by atoms with Crippen molar-refractivity contribution < 1.29 is 8.42 Å². The van der Waals surface area contributed by atoms with Gasteiger partial charge in [-0.3, -0.25) is 0 Å². The van der Waals surface area contributed by atoms with Gasteiger partial charge in [-0.25, -0.2) is 8.42 Å². The second-order valence-corrected chi connectivity index (χ2v) is 6.88. The molecule has 0 radical (unpaired) electrons. The van der Waals surface area contributed by atoms with Gasteiger partial charge in [0.1, 0.15) is 0 Å². The van der Waals surface area contributed by atoms with Gasteiger partial charge in [-0.05, 0) is 35.4 Å². The summed E-state index contributed by atoms with van der Waals surface area (Å²) in [7, 11) is -3.13. The molecule has 0 aliphatic carbocycles. The molecule has 0 aromatic heterocycles. The average molecular weight is 310 g/mol. The monoisotopic (exact) mass is 309 g/mol. The van der Waals surface area contributed by atoms with Gasteiger partial charge in [0.15, 0.2) is 9.84 Å². The van der Waals surface area contributed by atoms with Gasteiger partial charge in [-0.1, -0.05) is 24.3 Å². The highest BCUT2D eigenvalue weighted by atomic mass is 35.5. The molecule has 0 atom stereocenters. The zero-order chi connectivity index (χ0) is 14.6. The molecule has 2 aromatic rings. The molecule has 0 aliphatic rings. The van der Waals surface area contributed by atoms with Crippen LogP contribution < -0.4 is 5.32 Å². The lowest BCUT2D eigenvalue weighted by Gasteiger charge is -2.08. The topological polar surface area (TPSA) is 46.2 Å². The summed E-state index contributed by atoms with van der Waals surface area (Å²) in [6, 6.07) is 14.8. The number of hydrogen-bond donors (Lipinski definition) is 1. The zero-order valence-corrected chi connectivity index (χ0v) is 12.7. The highest BCUT2D eigenvalue weighted by Crippen LogP contribution is 2.15. The fraction of sp³-hybridized carbons (Fsp3) is 0.200. The van der Waals surface area contributed by atoms with Gasteiger partial charge in [0.25, 0.3) is 0 Å². The van der Waals surface area contributed by atoms with Crippen LogP contribution in [-0.2, 0) is 22.3 Å². The van der Waals surface area contributed by atoms with Crippen LogP contribution in [0.1, 0.15) is 11.1 Å². The summed E-state index contributed by atoms with van der Waals surface area (Å²) in [6.45, 7) is 0.681. The molecule has 0 aliphatic heterocycles. The van der Waals surface area contributed by atoms with Crippen LogP contribution in [0.4, 0.5) is 5.69 Å². The van der Waals surface area contributed by atoms with Crippen molar-refractivity contribution >= 4 is 27.1 Å². The number of benzene rings is 2. The van der Waals surface area contributed by atoms with Gasteiger partial charge < -0.3 is 5.32 Å². The first-order chi connectivity index (χ1) is 9.49. The van der Waals surface area contributed by atoms with Crippen molar-refractivity contribution in [3.05, 3.63) is 59.7 Å². The smallest absolute Gasteiger partial charge is 0.175 e. The van der Waals surface area contributed by atoms with Crippen LogP contribution in [0.3, 0.4) is 0 Å². The first kappa shape index (κ1) is 14.9. The average Bonchev–Trinajstić information content (AvgIpc) is 2.45. The molecule has 0 heterocycles. The van der Waals surface area contributed by atoms with E-state index < -0.39 is 9.84 Å². The molecule has 0 amide bonds. The summed E-state index contributed by atoms with van der Waals surface area (Å²) in [5.74, 6) is 0.515. The highest BCUT2D eigenvalue weighted by Gasteiger charge is 2.05. The van der Waals surface area contributed by atoms with Crippen LogP contribution >= 0.6 is 11.6 Å². The zero-order valence-electron chi connectivity index (χ0n) is 11.1. The predicted octanol–water partition coefficient (Wildman–Crippen LogP) is 3.44. The summed E-state index contributed by atoms with van der Waals surface area (Å²) in [4.78, 5) is 0.328. The van der Waals surface area contributed by atoms with Crippen molar-refractivity contribution in [1.29, 1.82) is 0 Å². The molecule has 1 N–H and O–H groups in total. The molecule has 2 rings (SSSR count). The van der Waals surface area contributed by atoms with Crippen LogP contribution in [0.5, 0.6) is 0 Å². The Morgan fingerprint density at radius 3 is 2.00 bits per heavy atom. The van der Waals surface area contributed by atoms with Crippen LogP contribution in [0, 0.1) is 0 Å². The predicted molar refractivity (Wildman–Crippen MR) is 82.9 cm³/mol. The summed E-state index contributed by atoms with van der Waals surface area (Å²) < 4.78 is 22.7. The van der Waals surface area contributed by atoms with E-state index in [1.165, 1.54) is 6.26 Å². The minimum absolute atomic E-state index is 0.328. The number of anilines is 1. The van der Waals surface area contributed by atoms with E-state index in [1.807, 2.05) is 24.3 Å². The van der Waals surface area contributed by atoms with Gasteiger partial charge in [-0.2, -0.15) is 0 Å². The van der Waals surface area contributed by atoms with Crippen molar-refractivity contribution in [3.63, 3.8) is 0 Å². The van der Waals surface area contributed by atoms with Gasteiger partial charge in [-0.15, -0.1) is 11.6 Å². The van der Waals surface area contributed by atoms with Gasteiger partial charge in [0.05, 0.1) is 4.90 Å². The quantitative estimate of drug-likeness (QED) is 0.861. The fourth-order valence-corrected chi connectivity index (χ4v) is 2.58. The summed E-state index contributed by atoms with van der Waals surface area (Å²) in [6.07, 6.45) is 1.20. The molecule has 20 heavy (non-hydrogen) atoms. The van der Waals surface area contributed by atoms with E-state index in [1.54, 1.807) is 24.3 Å². The van der Waals surface area contributed by atoms with Gasteiger partial charge in [0.2, 0.25) is 0 Å². The maximum atomic E-state index is 11.4. The molecule has 0 spiro atoms. The second kappa shape index (κ2) is 6.29. The van der Waals surface area contributed by atoms with E-state index in [0.717, 1.165) is 16.8 Å². The Morgan fingerprint density at radius 1 is 0.950 bits per heavy atom. The standard InChI is InChI=1S/C15H16ClNO2S/c1-20(18,19)15-8-6-14(7-9-15)17-11-13-4-2-12(10-16)3-5-13/h2-9,17H,10-11H2,1H3. The van der Waals surface area contributed by atoms with Crippen molar-refractivity contribution in [2.24, 2.45) is 0 Å². The maximum absolute atomic E-state index is 11.4. The first-order valence-electron chi connectivity index (χ1n) is 6.17. The van der Waals surface area contributed by atoms with Crippen LogP contribution in [-0.4, -0.2) is 14.7 Å². The van der Waals surface area contributed by atoms with E-state index in [4.69, 9.17) is 11.6 Å². The SMILES string of the molecule is CS(=O)(=O)c1ccc(NCc2ccc(CCl)cc2)cc1. The lowest BCUT2D eigenvalue weighted by Crippen LogP contribution is -2.01. The van der Waals surface area contributed by atoms with Crippen LogP contribution in [0.2, 0.25) is 0 Å². The van der Waals surface area contributed by atoms with Crippen LogP contribution in [0.15, 0.2) is 53.4 Å². The molecule has 0 fully saturated rings. The van der Waals surface area contributed by atoms with E-state index in [-0.39, 0.29) is 0 Å². The number of halogens is 1. The minimum Gasteiger partial charge on any atom is -0.381 e. The van der Waals surface area contributed by atoms with Gasteiger partial charge in [0, 0.05) is 24.4 Å². The molecular formula is C15H16ClNO2S. The van der Waals surface area contributed by atoms with Gasteiger partial charge >= 0.3 is 0 Å². The van der Waals surface area contributed by atoms with Crippen molar-refractivity contribution in [3.8, 4) is 0 Å². The van der Waals surface area contributed by atoms with Crippen molar-refractivity contribution in [2.75, 3.05) is 11.6 Å². The first-order valence-corrected chi connectivity index (χ1v) is 8.59. The number of nitrogens with one attached hydrogen (secondary N) is 1. The molecule has 5 heteroatoms. The second-order valence-electron chi connectivity index (χ2n) is 4.60. The highest BCUT2D eigenvalue weighted by molar-refractivity contribution is 7.90. The Hall–Kier alpha value is -1.52. The maximum Gasteiger partial charge on any atom is 0.175 e. The molecule has 0 unspecified atom stereocenters. The Labute approximate surface area is 124 Å². The Bertz CT molecular complexity index is 664. The number of hydrogen-bond acceptors (Lipinski definition) is 3. The minimum atomic E-state index is -3.13. The molecule has 2 aromatic carbocycles. The Morgan fingerprint density at radius 2 is 1.50 bits per heavy atom.